The molecule has 0 saturated heterocycles. The van der Waals surface area contributed by atoms with Crippen molar-refractivity contribution in [3.05, 3.63) is 118 Å². The summed E-state index contributed by atoms with van der Waals surface area (Å²) in [6, 6.07) is 0. The molecule has 0 fully saturated rings. The van der Waals surface area contributed by atoms with Crippen molar-refractivity contribution in [2.75, 3.05) is 0 Å². The van der Waals surface area contributed by atoms with Gasteiger partial charge in [-0.3, -0.25) is 15.0 Å². The number of rotatable bonds is 6. The van der Waals surface area contributed by atoms with Gasteiger partial charge in [-0.15, -0.1) is 19.6 Å². The van der Waals surface area contributed by atoms with Gasteiger partial charge in [0.1, 0.15) is 0 Å². The van der Waals surface area contributed by atoms with E-state index in [1.807, 2.05) is 0 Å². The van der Waals surface area contributed by atoms with Crippen molar-refractivity contribution in [1.82, 2.24) is 0 Å². The van der Waals surface area contributed by atoms with Gasteiger partial charge in [-0.25, -0.2) is 0 Å². The van der Waals surface area contributed by atoms with Crippen molar-refractivity contribution in [1.29, 1.82) is 0 Å². The van der Waals surface area contributed by atoms with Crippen LogP contribution in [0.15, 0.2) is 50.3 Å². The second-order valence-corrected chi connectivity index (χ2v) is 14.0. The van der Waals surface area contributed by atoms with Gasteiger partial charge in [0, 0.05) is 34.2 Å². The summed E-state index contributed by atoms with van der Waals surface area (Å²) in [5, 5.41) is 15.6. The van der Waals surface area contributed by atoms with Gasteiger partial charge in [-0.2, -0.15) is 17.1 Å². The van der Waals surface area contributed by atoms with Crippen molar-refractivity contribution in [3.63, 3.8) is 0 Å². The quantitative estimate of drug-likeness (QED) is 0.259. The van der Waals surface area contributed by atoms with E-state index in [2.05, 4.69) is 101 Å². The molecule has 312 valence electrons. The Morgan fingerprint density at radius 2 is 0.582 bits per heavy atom. The maximum atomic E-state index is 5.21. The number of aliphatic imine (C=N–C) groups is 3. The first kappa shape index (κ1) is 53.1. The first-order chi connectivity index (χ1) is 24.5. The van der Waals surface area contributed by atoms with Gasteiger partial charge < -0.3 is 16.0 Å². The normalized spacial score (nSPS) is 17.9. The van der Waals surface area contributed by atoms with E-state index in [4.69, 9.17) is 30.9 Å². The minimum atomic E-state index is 0. The summed E-state index contributed by atoms with van der Waals surface area (Å²) < 4.78 is 0. The van der Waals surface area contributed by atoms with Gasteiger partial charge in [0.05, 0.1) is 19.6 Å². The van der Waals surface area contributed by atoms with Crippen LogP contribution >= 0.6 is 0 Å². The van der Waals surface area contributed by atoms with Gasteiger partial charge in [0.15, 0.2) is 0 Å². The molecular formula is C45H63Cu3N6Se. The zero-order valence-electron chi connectivity index (χ0n) is 35.2. The molecule has 3 aliphatic heterocycles. The van der Waals surface area contributed by atoms with Crippen LogP contribution in [0.5, 0.6) is 0 Å². The Labute approximate surface area is 376 Å². The van der Waals surface area contributed by atoms with Crippen LogP contribution in [0.4, 0.5) is 0 Å². The molecule has 2 aromatic rings. The topological polar surface area (TPSA) is 79.4 Å². The van der Waals surface area contributed by atoms with Crippen molar-refractivity contribution < 1.29 is 51.2 Å². The van der Waals surface area contributed by atoms with Crippen LogP contribution in [-0.2, 0) is 129 Å². The number of fused-ring (bicyclic) bond motifs is 12. The van der Waals surface area contributed by atoms with E-state index in [-0.39, 0.29) is 68.3 Å². The Morgan fingerprint density at radius 1 is 0.382 bits per heavy atom. The molecule has 0 unspecified atom stereocenters. The Kier molecular flexibility index (Phi) is 24.6. The number of hydrogen-bond acceptors (Lipinski definition) is 3. The van der Waals surface area contributed by atoms with Gasteiger partial charge in [0.25, 0.3) is 0 Å². The van der Waals surface area contributed by atoms with Gasteiger partial charge in [-0.05, 0) is 109 Å². The van der Waals surface area contributed by atoms with Crippen molar-refractivity contribution >= 4 is 34.2 Å². The first-order valence-electron chi connectivity index (χ1n) is 19.5. The summed E-state index contributed by atoms with van der Waals surface area (Å²) in [6.07, 6.45) is 12.1. The van der Waals surface area contributed by atoms with Crippen molar-refractivity contribution in [2.45, 2.75) is 161 Å². The Hall–Kier alpha value is -1.85. The number of benzene rings is 2. The second kappa shape index (κ2) is 25.5. The van der Waals surface area contributed by atoms with E-state index in [1.165, 1.54) is 66.8 Å². The summed E-state index contributed by atoms with van der Waals surface area (Å²) in [7, 11) is 0. The van der Waals surface area contributed by atoms with E-state index in [0.717, 1.165) is 72.8 Å². The molecule has 0 saturated carbocycles. The van der Waals surface area contributed by atoms with Crippen LogP contribution in [0.3, 0.4) is 0 Å². The number of hydrogen-bond donors (Lipinski definition) is 0. The molecule has 3 heterocycles. The van der Waals surface area contributed by atoms with E-state index < -0.39 is 0 Å². The first-order valence-corrected chi connectivity index (χ1v) is 19.5. The Balaban J connectivity index is 0.00000729. The molecule has 2 aromatic carbocycles. The largest absolute Gasteiger partial charge is 1.00 e. The van der Waals surface area contributed by atoms with E-state index >= 15 is 0 Å². The smallest absolute Gasteiger partial charge is 0.684 e. The molecule has 0 atom stereocenters. The molecular weight excluding hydrogens is 894 g/mol. The van der Waals surface area contributed by atoms with Crippen LogP contribution in [0, 0.1) is 0 Å². The molecule has 6 bridgehead atoms. The van der Waals surface area contributed by atoms with E-state index in [0.29, 0.717) is 39.3 Å². The molecule has 0 aromatic heterocycles. The molecule has 55 heavy (non-hydrogen) atoms. The molecule has 3 aliphatic rings. The molecule has 0 aliphatic carbocycles. The summed E-state index contributed by atoms with van der Waals surface area (Å²) in [5.41, 5.74) is 22.4. The Bertz CT molecular complexity index is 1700. The summed E-state index contributed by atoms with van der Waals surface area (Å²) in [4.78, 5) is 15.6. The predicted molar refractivity (Wildman–Crippen MR) is 228 cm³/mol. The number of nitrogens with zero attached hydrogens (tertiary/aromatic N) is 6. The summed E-state index contributed by atoms with van der Waals surface area (Å²) in [6.45, 7) is 30.2. The fourth-order valence-corrected chi connectivity index (χ4v) is 8.29. The SMILES string of the molecule is CCc1c2c(CC)c3c(CC)c1CN=C(C)/C=C(/C)[N-]Cc1c(CC)c(c(CC)c(c1CC)C[N-]/C(C)=C\C(C)=NC2)CN=C(C)/C=C(/C)[N-]C3.[Cu+].[Cu+].[Cu+].[Se]. The van der Waals surface area contributed by atoms with E-state index in [9.17, 15) is 0 Å². The maximum absolute atomic E-state index is 5.21. The van der Waals surface area contributed by atoms with Crippen LogP contribution in [0.25, 0.3) is 16.0 Å². The summed E-state index contributed by atoms with van der Waals surface area (Å²) in [5.74, 6) is 0. The summed E-state index contributed by atoms with van der Waals surface area (Å²) >= 11 is 0. The third kappa shape index (κ3) is 13.1. The van der Waals surface area contributed by atoms with Gasteiger partial charge >= 0.3 is 51.2 Å². The molecule has 5 rings (SSSR count). The van der Waals surface area contributed by atoms with Crippen molar-refractivity contribution in [3.8, 4) is 0 Å². The van der Waals surface area contributed by atoms with E-state index in [1.54, 1.807) is 0 Å². The molecule has 0 N–H and O–H groups in total. The molecule has 10 heteroatoms. The molecule has 0 amide bonds. The Morgan fingerprint density at radius 3 is 0.800 bits per heavy atom. The maximum Gasteiger partial charge on any atom is 1.00 e. The van der Waals surface area contributed by atoms with Crippen LogP contribution < -0.4 is 0 Å². The molecule has 0 spiro atoms. The second-order valence-electron chi connectivity index (χ2n) is 14.0. The van der Waals surface area contributed by atoms with Gasteiger partial charge in [-0.1, -0.05) is 97.2 Å². The number of allylic oxidation sites excluding steroid dienone is 6. The van der Waals surface area contributed by atoms with Crippen LogP contribution in [0.2, 0.25) is 0 Å². The average Bonchev–Trinajstić information content (AvgIpc) is 3.10. The van der Waals surface area contributed by atoms with Crippen LogP contribution in [0.1, 0.15) is 150 Å². The van der Waals surface area contributed by atoms with Gasteiger partial charge in [0.2, 0.25) is 0 Å². The predicted octanol–water partition coefficient (Wildman–Crippen LogP) is 11.6. The average molecular weight is 958 g/mol. The standard InChI is InChI=1S/C45H63N6.3Cu.Se/c1-13-34-40-22-46-28(7)19-30(9)49-25-43-37(16-4)44-26-50-31(10)20-29(8)47-23-41(34)36(15-3)42(35(40)14-2)24-48-32(11)21-33(12)51-27-45(38(43)17-5)39(44)18-6;;;;/h19-21H,13-18,22-27H2,1-12H3;;;;/q-3;3*+1;/b28-19-,29-20-,33-21-,48-32?,49-30?,50-31?;;;;. The fourth-order valence-electron chi connectivity index (χ4n) is 8.29. The third-order valence-corrected chi connectivity index (χ3v) is 10.7. The zero-order chi connectivity index (χ0) is 37.2. The molecule has 6 nitrogen and oxygen atoms in total. The minimum Gasteiger partial charge on any atom is -0.684 e. The third-order valence-electron chi connectivity index (χ3n) is 10.7. The molecule has 2 radical (unpaired) electrons. The van der Waals surface area contributed by atoms with Crippen molar-refractivity contribution in [2.24, 2.45) is 15.0 Å². The zero-order valence-corrected chi connectivity index (χ0v) is 39.8. The van der Waals surface area contributed by atoms with Crippen LogP contribution in [-0.4, -0.2) is 34.2 Å². The monoisotopic (exact) mass is 956 g/mol. The fraction of sp³-hybridized carbons (Fsp3) is 0.533. The minimum absolute atomic E-state index is 0.